The zero-order valence-electron chi connectivity index (χ0n) is 19.2. The molecule has 34 heavy (non-hydrogen) atoms. The summed E-state index contributed by atoms with van der Waals surface area (Å²) in [6, 6.07) is 7.92. The number of para-hydroxylation sites is 1. The molecule has 2 amide bonds. The number of thiazole rings is 1. The molecule has 5 rings (SSSR count). The van der Waals surface area contributed by atoms with Crippen LogP contribution in [0.1, 0.15) is 31.7 Å². The van der Waals surface area contributed by atoms with Crippen molar-refractivity contribution in [2.24, 2.45) is 5.92 Å². The monoisotopic (exact) mass is 480 g/mol. The number of piperidine rings is 1. The zero-order chi connectivity index (χ0) is 23.7. The molecule has 9 nitrogen and oxygen atoms in total. The summed E-state index contributed by atoms with van der Waals surface area (Å²) in [5.41, 5.74) is 2.21. The van der Waals surface area contributed by atoms with Gasteiger partial charge in [-0.15, -0.1) is 0 Å². The van der Waals surface area contributed by atoms with Crippen molar-refractivity contribution in [3.8, 4) is 0 Å². The van der Waals surface area contributed by atoms with Crippen molar-refractivity contribution < 1.29 is 9.59 Å². The number of hydrogen-bond donors (Lipinski definition) is 1. The molecule has 2 aromatic heterocycles. The van der Waals surface area contributed by atoms with E-state index in [-0.39, 0.29) is 29.8 Å². The van der Waals surface area contributed by atoms with E-state index < -0.39 is 0 Å². The minimum absolute atomic E-state index is 0.0617. The second-order valence-electron chi connectivity index (χ2n) is 8.78. The van der Waals surface area contributed by atoms with Gasteiger partial charge in [-0.25, -0.2) is 4.98 Å². The fraction of sp³-hybridized carbons (Fsp3) is 0.458. The smallest absolute Gasteiger partial charge is 0.273 e. The maximum atomic E-state index is 13.2. The van der Waals surface area contributed by atoms with Gasteiger partial charge in [0.15, 0.2) is 10.8 Å². The highest BCUT2D eigenvalue weighted by atomic mass is 32.1. The van der Waals surface area contributed by atoms with Crippen LogP contribution in [-0.4, -0.2) is 52.5 Å². The van der Waals surface area contributed by atoms with Crippen molar-refractivity contribution in [3.05, 3.63) is 46.5 Å². The molecular weight excluding hydrogens is 452 g/mol. The number of hydrogen-bond acceptors (Lipinski definition) is 7. The molecule has 3 aromatic rings. The molecule has 1 fully saturated rings. The van der Waals surface area contributed by atoms with E-state index in [0.29, 0.717) is 35.1 Å². The van der Waals surface area contributed by atoms with Crippen LogP contribution >= 0.6 is 11.3 Å². The Morgan fingerprint density at radius 2 is 2.06 bits per heavy atom. The van der Waals surface area contributed by atoms with E-state index in [4.69, 9.17) is 0 Å². The van der Waals surface area contributed by atoms with Gasteiger partial charge >= 0.3 is 0 Å². The Morgan fingerprint density at radius 1 is 1.21 bits per heavy atom. The third kappa shape index (κ3) is 4.29. The van der Waals surface area contributed by atoms with Crippen molar-refractivity contribution in [1.82, 2.24) is 19.9 Å². The molecule has 2 aliphatic rings. The van der Waals surface area contributed by atoms with Gasteiger partial charge in [-0.3, -0.25) is 19.0 Å². The number of carbonyl (C=O) groups excluding carboxylic acids is 2. The highest BCUT2D eigenvalue weighted by Crippen LogP contribution is 2.30. The van der Waals surface area contributed by atoms with E-state index in [1.54, 1.807) is 4.90 Å². The highest BCUT2D eigenvalue weighted by Gasteiger charge is 2.28. The predicted octanol–water partition coefficient (Wildman–Crippen LogP) is 2.18. The van der Waals surface area contributed by atoms with Gasteiger partial charge in [-0.1, -0.05) is 29.5 Å². The van der Waals surface area contributed by atoms with Crippen molar-refractivity contribution in [2.75, 3.05) is 36.0 Å². The molecule has 10 heteroatoms. The number of aromatic nitrogens is 3. The molecule has 0 bridgehead atoms. The number of anilines is 2. The first kappa shape index (κ1) is 22.5. The van der Waals surface area contributed by atoms with Gasteiger partial charge < -0.3 is 15.1 Å². The SMILES string of the molecule is CCNC(=O)[C@@H]1CCCN(c2nc3ncn(CC(=O)N4CCCc5ccccc54)c(=O)c3s2)C1. The normalized spacial score (nSPS) is 18.1. The second kappa shape index (κ2) is 9.54. The van der Waals surface area contributed by atoms with Gasteiger partial charge in [-0.05, 0) is 44.2 Å². The highest BCUT2D eigenvalue weighted by molar-refractivity contribution is 7.22. The van der Waals surface area contributed by atoms with Crippen LogP contribution in [0.15, 0.2) is 35.4 Å². The van der Waals surface area contributed by atoms with Crippen LogP contribution in [0, 0.1) is 5.92 Å². The van der Waals surface area contributed by atoms with Crippen molar-refractivity contribution in [3.63, 3.8) is 0 Å². The summed E-state index contributed by atoms with van der Waals surface area (Å²) in [5.74, 6) is -0.150. The van der Waals surface area contributed by atoms with Crippen LogP contribution in [0.4, 0.5) is 10.8 Å². The first-order valence-electron chi connectivity index (χ1n) is 11.8. The van der Waals surface area contributed by atoms with E-state index in [2.05, 4.69) is 20.2 Å². The third-order valence-electron chi connectivity index (χ3n) is 6.50. The third-order valence-corrected chi connectivity index (χ3v) is 7.60. The van der Waals surface area contributed by atoms with Gasteiger partial charge in [0.05, 0.1) is 5.92 Å². The Hall–Kier alpha value is -3.27. The topological polar surface area (TPSA) is 100 Å². The molecule has 1 saturated heterocycles. The minimum atomic E-state index is -0.260. The zero-order valence-corrected chi connectivity index (χ0v) is 20.0. The Labute approximate surface area is 201 Å². The average molecular weight is 481 g/mol. The van der Waals surface area contributed by atoms with Crippen LogP contribution in [0.2, 0.25) is 0 Å². The van der Waals surface area contributed by atoms with Crippen molar-refractivity contribution in [2.45, 2.75) is 39.2 Å². The molecule has 1 aromatic carbocycles. The Bertz CT molecular complexity index is 1290. The van der Waals surface area contributed by atoms with Crippen LogP contribution in [0.25, 0.3) is 10.3 Å². The average Bonchev–Trinajstić information content (AvgIpc) is 3.31. The number of nitrogens with one attached hydrogen (secondary N) is 1. The fourth-order valence-electron chi connectivity index (χ4n) is 4.79. The summed E-state index contributed by atoms with van der Waals surface area (Å²) in [5, 5.41) is 3.59. The van der Waals surface area contributed by atoms with Gasteiger partial charge in [0, 0.05) is 31.9 Å². The molecule has 0 radical (unpaired) electrons. The van der Waals surface area contributed by atoms with Gasteiger partial charge in [-0.2, -0.15) is 4.98 Å². The van der Waals surface area contributed by atoms with Gasteiger partial charge in [0.2, 0.25) is 11.8 Å². The lowest BCUT2D eigenvalue weighted by Crippen LogP contribution is -2.43. The molecule has 0 saturated carbocycles. The summed E-state index contributed by atoms with van der Waals surface area (Å²) in [6.07, 6.45) is 5.01. The fourth-order valence-corrected chi connectivity index (χ4v) is 5.79. The van der Waals surface area contributed by atoms with E-state index in [1.165, 1.54) is 22.2 Å². The minimum Gasteiger partial charge on any atom is -0.356 e. The molecule has 1 atom stereocenters. The maximum absolute atomic E-state index is 13.2. The summed E-state index contributed by atoms with van der Waals surface area (Å²) in [6.45, 7) is 4.47. The molecule has 2 aliphatic heterocycles. The summed E-state index contributed by atoms with van der Waals surface area (Å²) >= 11 is 1.29. The Morgan fingerprint density at radius 3 is 2.91 bits per heavy atom. The molecule has 1 N–H and O–H groups in total. The first-order valence-corrected chi connectivity index (χ1v) is 12.6. The van der Waals surface area contributed by atoms with Crippen LogP contribution in [0.3, 0.4) is 0 Å². The van der Waals surface area contributed by atoms with Crippen molar-refractivity contribution >= 4 is 44.3 Å². The molecule has 178 valence electrons. The number of nitrogens with zero attached hydrogens (tertiary/aromatic N) is 5. The number of aryl methyl sites for hydroxylation is 1. The summed E-state index contributed by atoms with van der Waals surface area (Å²) in [4.78, 5) is 51.4. The van der Waals surface area contributed by atoms with Crippen LogP contribution in [-0.2, 0) is 22.6 Å². The van der Waals surface area contributed by atoms with E-state index in [9.17, 15) is 14.4 Å². The second-order valence-corrected chi connectivity index (χ2v) is 9.76. The van der Waals surface area contributed by atoms with Crippen LogP contribution < -0.4 is 20.7 Å². The number of amides is 2. The molecule has 0 unspecified atom stereocenters. The van der Waals surface area contributed by atoms with E-state index in [0.717, 1.165) is 43.5 Å². The van der Waals surface area contributed by atoms with Crippen molar-refractivity contribution in [1.29, 1.82) is 0 Å². The molecular formula is C24H28N6O3S. The summed E-state index contributed by atoms with van der Waals surface area (Å²) in [7, 11) is 0. The molecule has 0 aliphatic carbocycles. The van der Waals surface area contributed by atoms with Gasteiger partial charge in [0.25, 0.3) is 5.56 Å². The quantitative estimate of drug-likeness (QED) is 0.601. The lowest BCUT2D eigenvalue weighted by molar-refractivity contribution is -0.125. The molecule has 4 heterocycles. The van der Waals surface area contributed by atoms with E-state index in [1.807, 2.05) is 31.2 Å². The number of benzene rings is 1. The number of fused-ring (bicyclic) bond motifs is 2. The standard InChI is InChI=1S/C24H28N6O3S/c1-2-25-22(32)17-9-5-11-28(13-17)24-27-21-20(34-24)23(33)29(15-26-21)14-19(31)30-12-6-8-16-7-3-4-10-18(16)30/h3-4,7,10,15,17H,2,5-6,8-9,11-14H2,1H3,(H,25,32)/t17-/m1/s1. The lowest BCUT2D eigenvalue weighted by Gasteiger charge is -2.31. The largest absolute Gasteiger partial charge is 0.356 e. The van der Waals surface area contributed by atoms with E-state index >= 15 is 0 Å². The predicted molar refractivity (Wildman–Crippen MR) is 132 cm³/mol. The maximum Gasteiger partial charge on any atom is 0.273 e. The Balaban J connectivity index is 1.36. The summed E-state index contributed by atoms with van der Waals surface area (Å²) < 4.78 is 1.81. The first-order chi connectivity index (χ1) is 16.5. The van der Waals surface area contributed by atoms with Gasteiger partial charge in [0.1, 0.15) is 17.6 Å². The number of rotatable bonds is 5. The lowest BCUT2D eigenvalue weighted by atomic mass is 9.97. The van der Waals surface area contributed by atoms with Crippen LogP contribution in [0.5, 0.6) is 0 Å². The molecule has 0 spiro atoms. The number of carbonyl (C=O) groups is 2. The Kier molecular flexibility index (Phi) is 6.32.